The summed E-state index contributed by atoms with van der Waals surface area (Å²) in [6.07, 6.45) is 1.29. The number of anilines is 2. The molecule has 32 heavy (non-hydrogen) atoms. The molecule has 1 heterocycles. The van der Waals surface area contributed by atoms with Crippen LogP contribution in [0.2, 0.25) is 0 Å². The second-order valence-electron chi connectivity index (χ2n) is 9.08. The van der Waals surface area contributed by atoms with Crippen LogP contribution in [0.5, 0.6) is 0 Å². The van der Waals surface area contributed by atoms with E-state index in [0.29, 0.717) is 13.1 Å². The molecule has 1 amide bonds. The van der Waals surface area contributed by atoms with Crippen molar-refractivity contribution in [2.24, 2.45) is 0 Å². The van der Waals surface area contributed by atoms with E-state index in [0.717, 1.165) is 36.1 Å². The normalized spacial score (nSPS) is 15.4. The third kappa shape index (κ3) is 6.87. The fourth-order valence-corrected chi connectivity index (χ4v) is 4.14. The highest BCUT2D eigenvalue weighted by atomic mass is 79.9. The van der Waals surface area contributed by atoms with Crippen LogP contribution in [0.25, 0.3) is 0 Å². The third-order valence-electron chi connectivity index (χ3n) is 5.42. The van der Waals surface area contributed by atoms with Crippen molar-refractivity contribution >= 4 is 33.4 Å². The number of rotatable bonds is 7. The van der Waals surface area contributed by atoms with Crippen LogP contribution in [0.15, 0.2) is 53.0 Å². The van der Waals surface area contributed by atoms with E-state index in [-0.39, 0.29) is 18.7 Å². The molecule has 6 nitrogen and oxygen atoms in total. The molecule has 0 spiro atoms. The quantitative estimate of drug-likeness (QED) is 0.527. The lowest BCUT2D eigenvalue weighted by Crippen LogP contribution is -2.50. The lowest BCUT2D eigenvalue weighted by Gasteiger charge is -2.38. The number of ether oxygens (including phenoxy) is 1. The number of aliphatic hydroxyl groups is 1. The monoisotopic (exact) mass is 503 g/mol. The maximum Gasteiger partial charge on any atom is 0.410 e. The molecule has 3 rings (SSSR count). The zero-order valence-electron chi connectivity index (χ0n) is 19.2. The molecule has 1 atom stereocenters. The van der Waals surface area contributed by atoms with Gasteiger partial charge >= 0.3 is 6.09 Å². The summed E-state index contributed by atoms with van der Waals surface area (Å²) in [7, 11) is 0. The second-order valence-corrected chi connectivity index (χ2v) is 10.00. The number of carbonyl (C=O) groups excluding carboxylic acids is 1. The van der Waals surface area contributed by atoms with Crippen molar-refractivity contribution in [1.29, 1.82) is 0 Å². The molecule has 0 radical (unpaired) electrons. The van der Waals surface area contributed by atoms with Crippen LogP contribution in [-0.2, 0) is 4.74 Å². The summed E-state index contributed by atoms with van der Waals surface area (Å²) in [5.74, 6) is 0. The van der Waals surface area contributed by atoms with E-state index >= 15 is 0 Å². The van der Waals surface area contributed by atoms with Gasteiger partial charge in [0.1, 0.15) is 5.60 Å². The molecule has 7 heteroatoms. The zero-order valence-corrected chi connectivity index (χ0v) is 20.8. The minimum atomic E-state index is -0.487. The number of carbonyl (C=O) groups is 1. The predicted molar refractivity (Wildman–Crippen MR) is 133 cm³/mol. The number of nitrogens with one attached hydrogen (secondary N) is 1. The van der Waals surface area contributed by atoms with Crippen molar-refractivity contribution in [3.63, 3.8) is 0 Å². The molecule has 1 unspecified atom stereocenters. The summed E-state index contributed by atoms with van der Waals surface area (Å²) < 4.78 is 6.57. The van der Waals surface area contributed by atoms with Gasteiger partial charge < -0.3 is 25.0 Å². The maximum absolute atomic E-state index is 12.4. The van der Waals surface area contributed by atoms with Crippen LogP contribution >= 0.6 is 15.9 Å². The van der Waals surface area contributed by atoms with Crippen molar-refractivity contribution in [1.82, 2.24) is 4.90 Å². The van der Waals surface area contributed by atoms with Gasteiger partial charge in [0.05, 0.1) is 6.04 Å². The van der Waals surface area contributed by atoms with E-state index < -0.39 is 5.60 Å². The average Bonchev–Trinajstić information content (AvgIpc) is 2.77. The fraction of sp³-hybridized carbons (Fsp3) is 0.480. The molecule has 1 aliphatic rings. The number of amides is 1. The summed E-state index contributed by atoms with van der Waals surface area (Å²) in [6.45, 7) is 8.60. The van der Waals surface area contributed by atoms with Gasteiger partial charge in [-0.3, -0.25) is 0 Å². The average molecular weight is 504 g/mol. The Bertz CT molecular complexity index is 875. The molecule has 0 aromatic heterocycles. The Kier molecular flexibility index (Phi) is 8.43. The van der Waals surface area contributed by atoms with Crippen molar-refractivity contribution in [3.05, 3.63) is 58.6 Å². The summed E-state index contributed by atoms with van der Waals surface area (Å²) in [6, 6.07) is 16.6. The first-order valence-corrected chi connectivity index (χ1v) is 12.0. The van der Waals surface area contributed by atoms with Gasteiger partial charge in [0.15, 0.2) is 0 Å². The van der Waals surface area contributed by atoms with Gasteiger partial charge in [-0.15, -0.1) is 0 Å². The van der Waals surface area contributed by atoms with Crippen molar-refractivity contribution < 1.29 is 14.6 Å². The summed E-state index contributed by atoms with van der Waals surface area (Å²) >= 11 is 3.49. The molecule has 2 aromatic rings. The molecule has 0 bridgehead atoms. The standard InChI is InChI=1S/C25H34BrN3O3/c1-25(2,3)32-24(31)29-16-14-28(15-17-29)23-9-5-4-7-21(23)22(8-6-18-30)27-20-12-10-19(26)11-13-20/h4-5,7,9-13,22,27,30H,6,8,14-18H2,1-3H3. The van der Waals surface area contributed by atoms with E-state index in [9.17, 15) is 9.90 Å². The number of hydrogen-bond acceptors (Lipinski definition) is 5. The summed E-state index contributed by atoms with van der Waals surface area (Å²) in [5, 5.41) is 13.1. The Balaban J connectivity index is 1.74. The minimum Gasteiger partial charge on any atom is -0.444 e. The van der Waals surface area contributed by atoms with E-state index in [4.69, 9.17) is 4.74 Å². The van der Waals surface area contributed by atoms with Crippen LogP contribution in [0, 0.1) is 0 Å². The first-order valence-electron chi connectivity index (χ1n) is 11.2. The highest BCUT2D eigenvalue weighted by Crippen LogP contribution is 2.33. The van der Waals surface area contributed by atoms with Gasteiger partial charge in [-0.1, -0.05) is 34.1 Å². The molecule has 1 aliphatic heterocycles. The summed E-state index contributed by atoms with van der Waals surface area (Å²) in [5.41, 5.74) is 2.93. The molecular formula is C25H34BrN3O3. The highest BCUT2D eigenvalue weighted by Gasteiger charge is 2.27. The number of hydrogen-bond donors (Lipinski definition) is 2. The van der Waals surface area contributed by atoms with Crippen LogP contribution in [-0.4, -0.2) is 54.5 Å². The summed E-state index contributed by atoms with van der Waals surface area (Å²) in [4.78, 5) is 16.5. The smallest absolute Gasteiger partial charge is 0.410 e. The highest BCUT2D eigenvalue weighted by molar-refractivity contribution is 9.10. The van der Waals surface area contributed by atoms with Crippen molar-refractivity contribution in [3.8, 4) is 0 Å². The Morgan fingerprint density at radius 2 is 1.75 bits per heavy atom. The number of benzene rings is 2. The number of aliphatic hydroxyl groups excluding tert-OH is 1. The number of para-hydroxylation sites is 1. The Morgan fingerprint density at radius 3 is 2.38 bits per heavy atom. The largest absolute Gasteiger partial charge is 0.444 e. The first-order chi connectivity index (χ1) is 15.3. The SMILES string of the molecule is CC(C)(C)OC(=O)N1CCN(c2ccccc2C(CCCO)Nc2ccc(Br)cc2)CC1. The fourth-order valence-electron chi connectivity index (χ4n) is 3.87. The second kappa shape index (κ2) is 11.1. The molecular weight excluding hydrogens is 470 g/mol. The van der Waals surface area contributed by atoms with E-state index in [1.165, 1.54) is 11.3 Å². The predicted octanol–water partition coefficient (Wildman–Crippen LogP) is 5.43. The molecule has 0 saturated carbocycles. The van der Waals surface area contributed by atoms with Gasteiger partial charge in [-0.05, 0) is 69.5 Å². The van der Waals surface area contributed by atoms with Crippen LogP contribution in [0.3, 0.4) is 0 Å². The van der Waals surface area contributed by atoms with Crippen LogP contribution in [0.1, 0.15) is 45.2 Å². The minimum absolute atomic E-state index is 0.0726. The molecule has 0 aliphatic carbocycles. The topological polar surface area (TPSA) is 65.0 Å². The van der Waals surface area contributed by atoms with Gasteiger partial charge in [0.2, 0.25) is 0 Å². The molecule has 2 aromatic carbocycles. The van der Waals surface area contributed by atoms with E-state index in [2.05, 4.69) is 62.5 Å². The van der Waals surface area contributed by atoms with Gasteiger partial charge in [-0.2, -0.15) is 0 Å². The van der Waals surface area contributed by atoms with Crippen molar-refractivity contribution in [2.75, 3.05) is 43.0 Å². The van der Waals surface area contributed by atoms with E-state index in [1.54, 1.807) is 4.90 Å². The Morgan fingerprint density at radius 1 is 1.09 bits per heavy atom. The number of nitrogens with zero attached hydrogens (tertiary/aromatic N) is 2. The molecule has 1 fully saturated rings. The molecule has 174 valence electrons. The van der Waals surface area contributed by atoms with Crippen LogP contribution in [0.4, 0.5) is 16.2 Å². The van der Waals surface area contributed by atoms with Crippen LogP contribution < -0.4 is 10.2 Å². The molecule has 2 N–H and O–H groups in total. The maximum atomic E-state index is 12.4. The van der Waals surface area contributed by atoms with Gasteiger partial charge in [-0.25, -0.2) is 4.79 Å². The third-order valence-corrected chi connectivity index (χ3v) is 5.95. The zero-order chi connectivity index (χ0) is 23.1. The Labute approximate surface area is 199 Å². The van der Waals surface area contributed by atoms with Gasteiger partial charge in [0, 0.05) is 48.6 Å². The lowest BCUT2D eigenvalue weighted by atomic mass is 9.98. The Hall–Kier alpha value is -2.25. The van der Waals surface area contributed by atoms with Gasteiger partial charge in [0.25, 0.3) is 0 Å². The number of halogens is 1. The lowest BCUT2D eigenvalue weighted by molar-refractivity contribution is 0.0240. The van der Waals surface area contributed by atoms with Crippen molar-refractivity contribution in [2.45, 2.75) is 45.3 Å². The number of piperazine rings is 1. The molecule has 1 saturated heterocycles. The van der Waals surface area contributed by atoms with E-state index in [1.807, 2.05) is 32.9 Å². The first kappa shape index (κ1) is 24.4.